The molecule has 3 rings (SSSR count). The van der Waals surface area contributed by atoms with Crippen LogP contribution in [0.2, 0.25) is 0 Å². The van der Waals surface area contributed by atoms with Gasteiger partial charge in [-0.2, -0.15) is 0 Å². The van der Waals surface area contributed by atoms with Crippen LogP contribution >= 0.6 is 15.9 Å². The van der Waals surface area contributed by atoms with E-state index in [0.717, 1.165) is 15.4 Å². The van der Waals surface area contributed by atoms with Gasteiger partial charge in [0.1, 0.15) is 11.3 Å². The lowest BCUT2D eigenvalue weighted by Crippen LogP contribution is -2.04. The molecule has 0 atom stereocenters. The van der Waals surface area contributed by atoms with E-state index in [1.807, 2.05) is 24.3 Å². The van der Waals surface area contributed by atoms with E-state index in [1.54, 1.807) is 18.2 Å². The van der Waals surface area contributed by atoms with Crippen LogP contribution < -0.4 is 10.4 Å². The van der Waals surface area contributed by atoms with E-state index in [0.29, 0.717) is 16.9 Å². The number of carbonyl (C=O) groups is 1. The van der Waals surface area contributed by atoms with E-state index >= 15 is 0 Å². The van der Waals surface area contributed by atoms with Crippen molar-refractivity contribution in [3.63, 3.8) is 0 Å². The summed E-state index contributed by atoms with van der Waals surface area (Å²) in [5, 5.41) is 0.751. The van der Waals surface area contributed by atoms with Gasteiger partial charge in [-0.1, -0.05) is 34.1 Å². The molecule has 1 aromatic heterocycles. The third-order valence-electron chi connectivity index (χ3n) is 3.13. The highest BCUT2D eigenvalue weighted by Gasteiger charge is 2.11. The van der Waals surface area contributed by atoms with Gasteiger partial charge in [0.15, 0.2) is 0 Å². The number of fused-ring (bicyclic) bond motifs is 1. The number of benzene rings is 2. The molecule has 0 aliphatic rings. The standard InChI is InChI=1S/C17H11BrO4/c1-10(19)21-12-7-6-11-8-14(17(20)22-16(11)9-12)13-4-2-3-5-15(13)18/h2-9H,1H3. The molecule has 0 saturated heterocycles. The first kappa shape index (κ1) is 14.5. The fraction of sp³-hybridized carbons (Fsp3) is 0.0588. The first-order valence-corrected chi connectivity index (χ1v) is 7.35. The van der Waals surface area contributed by atoms with Gasteiger partial charge in [0, 0.05) is 28.4 Å². The Morgan fingerprint density at radius 3 is 2.59 bits per heavy atom. The number of carbonyl (C=O) groups excluding carboxylic acids is 1. The van der Waals surface area contributed by atoms with Crippen molar-refractivity contribution in [2.45, 2.75) is 6.92 Å². The minimum atomic E-state index is -0.445. The number of esters is 1. The zero-order valence-electron chi connectivity index (χ0n) is 11.6. The molecular weight excluding hydrogens is 348 g/mol. The molecular formula is C17H11BrO4. The van der Waals surface area contributed by atoms with Crippen molar-refractivity contribution in [1.82, 2.24) is 0 Å². The zero-order chi connectivity index (χ0) is 15.7. The molecule has 0 saturated carbocycles. The van der Waals surface area contributed by atoms with E-state index in [1.165, 1.54) is 13.0 Å². The maximum atomic E-state index is 12.2. The van der Waals surface area contributed by atoms with Crippen molar-refractivity contribution < 1.29 is 13.9 Å². The Labute approximate surface area is 134 Å². The Hall–Kier alpha value is -2.40. The molecule has 0 fully saturated rings. The lowest BCUT2D eigenvalue weighted by atomic mass is 10.1. The van der Waals surface area contributed by atoms with E-state index in [-0.39, 0.29) is 0 Å². The molecule has 0 N–H and O–H groups in total. The first-order valence-electron chi connectivity index (χ1n) is 6.56. The predicted octanol–water partition coefficient (Wildman–Crippen LogP) is 4.15. The number of ether oxygens (including phenoxy) is 1. The predicted molar refractivity (Wildman–Crippen MR) is 86.9 cm³/mol. The molecule has 3 aromatic rings. The van der Waals surface area contributed by atoms with Crippen LogP contribution in [0.3, 0.4) is 0 Å². The van der Waals surface area contributed by atoms with Gasteiger partial charge in [0.25, 0.3) is 0 Å². The highest BCUT2D eigenvalue weighted by Crippen LogP contribution is 2.28. The summed E-state index contributed by atoms with van der Waals surface area (Å²) in [7, 11) is 0. The van der Waals surface area contributed by atoms with E-state index in [4.69, 9.17) is 9.15 Å². The van der Waals surface area contributed by atoms with Crippen molar-refractivity contribution >= 4 is 32.9 Å². The van der Waals surface area contributed by atoms with Crippen LogP contribution in [0.4, 0.5) is 0 Å². The molecule has 0 unspecified atom stereocenters. The minimum absolute atomic E-state index is 0.344. The molecule has 110 valence electrons. The fourth-order valence-electron chi connectivity index (χ4n) is 2.19. The van der Waals surface area contributed by atoms with Crippen molar-refractivity contribution in [2.75, 3.05) is 0 Å². The van der Waals surface area contributed by atoms with Crippen LogP contribution in [-0.2, 0) is 4.79 Å². The smallest absolute Gasteiger partial charge is 0.344 e. The molecule has 22 heavy (non-hydrogen) atoms. The normalized spacial score (nSPS) is 10.6. The number of rotatable bonds is 2. The van der Waals surface area contributed by atoms with Crippen molar-refractivity contribution in [3.05, 3.63) is 63.4 Å². The van der Waals surface area contributed by atoms with Crippen LogP contribution in [0.15, 0.2) is 62.2 Å². The summed E-state index contributed by atoms with van der Waals surface area (Å²) in [4.78, 5) is 23.2. The molecule has 0 bridgehead atoms. The maximum absolute atomic E-state index is 12.2. The van der Waals surface area contributed by atoms with Crippen molar-refractivity contribution in [1.29, 1.82) is 0 Å². The topological polar surface area (TPSA) is 56.5 Å². The Morgan fingerprint density at radius 2 is 1.86 bits per heavy atom. The Kier molecular flexibility index (Phi) is 3.81. The Balaban J connectivity index is 2.16. The van der Waals surface area contributed by atoms with Gasteiger partial charge in [0.2, 0.25) is 0 Å². The molecule has 1 heterocycles. The zero-order valence-corrected chi connectivity index (χ0v) is 13.2. The highest BCUT2D eigenvalue weighted by molar-refractivity contribution is 9.10. The third kappa shape index (κ3) is 2.80. The molecule has 0 radical (unpaired) electrons. The number of halogens is 1. The van der Waals surface area contributed by atoms with Gasteiger partial charge in [0.05, 0.1) is 5.56 Å². The number of hydrogen-bond donors (Lipinski definition) is 0. The van der Waals surface area contributed by atoms with E-state index in [9.17, 15) is 9.59 Å². The Bertz CT molecular complexity index is 927. The van der Waals surface area contributed by atoms with Gasteiger partial charge in [-0.3, -0.25) is 4.79 Å². The van der Waals surface area contributed by atoms with Crippen molar-refractivity contribution in [2.24, 2.45) is 0 Å². The summed E-state index contributed by atoms with van der Waals surface area (Å²) < 4.78 is 11.2. The second-order valence-corrected chi connectivity index (χ2v) is 5.57. The van der Waals surface area contributed by atoms with E-state index in [2.05, 4.69) is 15.9 Å². The molecule has 5 heteroatoms. The number of hydrogen-bond acceptors (Lipinski definition) is 4. The molecule has 0 spiro atoms. The SMILES string of the molecule is CC(=O)Oc1ccc2cc(-c3ccccc3Br)c(=O)oc2c1. The molecule has 0 aliphatic carbocycles. The average Bonchev–Trinajstić information content (AvgIpc) is 2.47. The van der Waals surface area contributed by atoms with Crippen LogP contribution in [0.5, 0.6) is 5.75 Å². The summed E-state index contributed by atoms with van der Waals surface area (Å²) in [5.74, 6) is -0.0803. The van der Waals surface area contributed by atoms with Crippen LogP contribution in [0.25, 0.3) is 22.1 Å². The van der Waals surface area contributed by atoms with E-state index < -0.39 is 11.6 Å². The fourth-order valence-corrected chi connectivity index (χ4v) is 2.69. The lowest BCUT2D eigenvalue weighted by molar-refractivity contribution is -0.131. The first-order chi connectivity index (χ1) is 10.5. The summed E-state index contributed by atoms with van der Waals surface area (Å²) in [5.41, 5.74) is 1.17. The summed E-state index contributed by atoms with van der Waals surface area (Å²) >= 11 is 3.43. The molecule has 0 amide bonds. The second kappa shape index (κ2) is 5.77. The monoisotopic (exact) mass is 358 g/mol. The van der Waals surface area contributed by atoms with Gasteiger partial charge in [-0.15, -0.1) is 0 Å². The minimum Gasteiger partial charge on any atom is -0.427 e. The molecule has 0 aliphatic heterocycles. The Morgan fingerprint density at radius 1 is 1.09 bits per heavy atom. The van der Waals surface area contributed by atoms with Gasteiger partial charge in [-0.25, -0.2) is 4.79 Å². The quantitative estimate of drug-likeness (QED) is 0.392. The van der Waals surface area contributed by atoms with Crippen LogP contribution in [-0.4, -0.2) is 5.97 Å². The van der Waals surface area contributed by atoms with Gasteiger partial charge < -0.3 is 9.15 Å². The average molecular weight is 359 g/mol. The van der Waals surface area contributed by atoms with Crippen LogP contribution in [0.1, 0.15) is 6.92 Å². The summed E-state index contributed by atoms with van der Waals surface area (Å²) in [6.07, 6.45) is 0. The largest absolute Gasteiger partial charge is 0.427 e. The van der Waals surface area contributed by atoms with Crippen molar-refractivity contribution in [3.8, 4) is 16.9 Å². The van der Waals surface area contributed by atoms with Gasteiger partial charge >= 0.3 is 11.6 Å². The summed E-state index contributed by atoms with van der Waals surface area (Å²) in [6.45, 7) is 1.32. The van der Waals surface area contributed by atoms with Gasteiger partial charge in [-0.05, 0) is 24.3 Å². The maximum Gasteiger partial charge on any atom is 0.344 e. The summed E-state index contributed by atoms with van der Waals surface area (Å²) in [6, 6.07) is 14.1. The van der Waals surface area contributed by atoms with Crippen LogP contribution in [0, 0.1) is 0 Å². The lowest BCUT2D eigenvalue weighted by Gasteiger charge is -2.06. The second-order valence-electron chi connectivity index (χ2n) is 4.72. The third-order valence-corrected chi connectivity index (χ3v) is 3.82. The molecule has 2 aromatic carbocycles. The highest BCUT2D eigenvalue weighted by atomic mass is 79.9. The molecule has 4 nitrogen and oxygen atoms in total.